The van der Waals surface area contributed by atoms with Crippen molar-refractivity contribution in [2.75, 3.05) is 5.73 Å². The minimum atomic E-state index is 0.494. The Hall–Kier alpha value is -1.22. The van der Waals surface area contributed by atoms with Crippen molar-refractivity contribution in [1.82, 2.24) is 0 Å². The van der Waals surface area contributed by atoms with Crippen molar-refractivity contribution >= 4 is 28.9 Å². The normalized spacial score (nSPS) is 10.6. The molecule has 0 amide bonds. The van der Waals surface area contributed by atoms with Crippen molar-refractivity contribution in [2.24, 2.45) is 0 Å². The standard InChI is InChI=1S/C14H13Cl2NO/c15-12-3-1-2-10(6-12)8-18-9-11-4-5-13(16)14(17)7-11/h1-7H,8-9,17H2. The number of anilines is 1. The van der Waals surface area contributed by atoms with Crippen LogP contribution in [-0.4, -0.2) is 0 Å². The molecule has 0 aliphatic carbocycles. The summed E-state index contributed by atoms with van der Waals surface area (Å²) < 4.78 is 5.60. The molecular weight excluding hydrogens is 269 g/mol. The van der Waals surface area contributed by atoms with Gasteiger partial charge in [-0.3, -0.25) is 0 Å². The Morgan fingerprint density at radius 1 is 0.944 bits per heavy atom. The maximum atomic E-state index is 5.89. The van der Waals surface area contributed by atoms with Gasteiger partial charge in [0.1, 0.15) is 0 Å². The second kappa shape index (κ2) is 6.10. The summed E-state index contributed by atoms with van der Waals surface area (Å²) in [5.74, 6) is 0. The van der Waals surface area contributed by atoms with Crippen molar-refractivity contribution in [3.05, 3.63) is 63.6 Å². The topological polar surface area (TPSA) is 35.2 Å². The average Bonchev–Trinajstić information content (AvgIpc) is 2.34. The van der Waals surface area contributed by atoms with E-state index >= 15 is 0 Å². The highest BCUT2D eigenvalue weighted by atomic mass is 35.5. The number of nitrogen functional groups attached to an aromatic ring is 1. The second-order valence-electron chi connectivity index (χ2n) is 3.98. The Labute approximate surface area is 116 Å². The van der Waals surface area contributed by atoms with Gasteiger partial charge in [0.2, 0.25) is 0 Å². The van der Waals surface area contributed by atoms with Crippen molar-refractivity contribution in [3.63, 3.8) is 0 Å². The molecule has 2 nitrogen and oxygen atoms in total. The summed E-state index contributed by atoms with van der Waals surface area (Å²) >= 11 is 11.7. The Balaban J connectivity index is 1.90. The van der Waals surface area contributed by atoms with E-state index in [0.29, 0.717) is 28.9 Å². The third kappa shape index (κ3) is 3.64. The van der Waals surface area contributed by atoms with E-state index < -0.39 is 0 Å². The fourth-order valence-corrected chi connectivity index (χ4v) is 1.93. The lowest BCUT2D eigenvalue weighted by Gasteiger charge is -2.06. The molecule has 0 spiro atoms. The van der Waals surface area contributed by atoms with Crippen LogP contribution in [0.3, 0.4) is 0 Å². The zero-order valence-electron chi connectivity index (χ0n) is 9.70. The predicted molar refractivity (Wildman–Crippen MR) is 75.8 cm³/mol. The molecule has 94 valence electrons. The van der Waals surface area contributed by atoms with Crippen LogP contribution in [0.25, 0.3) is 0 Å². The van der Waals surface area contributed by atoms with Crippen LogP contribution in [0.5, 0.6) is 0 Å². The van der Waals surface area contributed by atoms with Gasteiger partial charge in [-0.25, -0.2) is 0 Å². The molecule has 0 aliphatic rings. The van der Waals surface area contributed by atoms with E-state index in [9.17, 15) is 0 Å². The smallest absolute Gasteiger partial charge is 0.0722 e. The maximum Gasteiger partial charge on any atom is 0.0722 e. The maximum absolute atomic E-state index is 5.89. The zero-order chi connectivity index (χ0) is 13.0. The molecule has 0 fully saturated rings. The molecule has 2 N–H and O–H groups in total. The Morgan fingerprint density at radius 2 is 1.67 bits per heavy atom. The summed E-state index contributed by atoms with van der Waals surface area (Å²) in [6.07, 6.45) is 0. The summed E-state index contributed by atoms with van der Waals surface area (Å²) in [6.45, 7) is 1.01. The number of ether oxygens (including phenoxy) is 1. The zero-order valence-corrected chi connectivity index (χ0v) is 11.2. The number of nitrogens with two attached hydrogens (primary N) is 1. The SMILES string of the molecule is Nc1cc(COCc2cccc(Cl)c2)ccc1Cl. The van der Waals surface area contributed by atoms with Gasteiger partial charge in [-0.2, -0.15) is 0 Å². The second-order valence-corrected chi connectivity index (χ2v) is 4.82. The Morgan fingerprint density at radius 3 is 2.33 bits per heavy atom. The van der Waals surface area contributed by atoms with E-state index in [1.54, 1.807) is 6.07 Å². The van der Waals surface area contributed by atoms with Gasteiger partial charge in [-0.1, -0.05) is 41.4 Å². The van der Waals surface area contributed by atoms with Crippen molar-refractivity contribution in [3.8, 4) is 0 Å². The van der Waals surface area contributed by atoms with E-state index in [0.717, 1.165) is 11.1 Å². The van der Waals surface area contributed by atoms with E-state index in [2.05, 4.69) is 0 Å². The lowest BCUT2D eigenvalue weighted by atomic mass is 10.2. The number of hydrogen-bond acceptors (Lipinski definition) is 2. The molecule has 2 aromatic rings. The highest BCUT2D eigenvalue weighted by molar-refractivity contribution is 6.33. The van der Waals surface area contributed by atoms with Gasteiger partial charge in [0, 0.05) is 5.02 Å². The summed E-state index contributed by atoms with van der Waals surface area (Å²) in [4.78, 5) is 0. The molecule has 0 radical (unpaired) electrons. The largest absolute Gasteiger partial charge is 0.398 e. The van der Waals surface area contributed by atoms with Crippen LogP contribution < -0.4 is 5.73 Å². The molecular formula is C14H13Cl2NO. The van der Waals surface area contributed by atoms with E-state index in [-0.39, 0.29) is 0 Å². The van der Waals surface area contributed by atoms with Crippen LogP contribution in [0.15, 0.2) is 42.5 Å². The lowest BCUT2D eigenvalue weighted by Crippen LogP contribution is -1.96. The van der Waals surface area contributed by atoms with Crippen LogP contribution in [0.4, 0.5) is 5.69 Å². The molecule has 0 aliphatic heterocycles. The molecule has 2 aromatic carbocycles. The molecule has 0 unspecified atom stereocenters. The van der Waals surface area contributed by atoms with Gasteiger partial charge in [0.25, 0.3) is 0 Å². The average molecular weight is 282 g/mol. The van der Waals surface area contributed by atoms with Gasteiger partial charge < -0.3 is 10.5 Å². The van der Waals surface area contributed by atoms with Crippen LogP contribution in [0, 0.1) is 0 Å². The van der Waals surface area contributed by atoms with Crippen LogP contribution >= 0.6 is 23.2 Å². The summed E-state index contributed by atoms with van der Waals surface area (Å²) in [5, 5.41) is 1.28. The first-order valence-corrected chi connectivity index (χ1v) is 6.27. The third-order valence-electron chi connectivity index (χ3n) is 2.49. The highest BCUT2D eigenvalue weighted by Crippen LogP contribution is 2.20. The summed E-state index contributed by atoms with van der Waals surface area (Å²) in [7, 11) is 0. The number of benzene rings is 2. The van der Waals surface area contributed by atoms with Gasteiger partial charge in [0.15, 0.2) is 0 Å². The Bertz CT molecular complexity index is 543. The molecule has 0 saturated carbocycles. The fraction of sp³-hybridized carbons (Fsp3) is 0.143. The van der Waals surface area contributed by atoms with E-state index in [1.165, 1.54) is 0 Å². The van der Waals surface area contributed by atoms with Gasteiger partial charge in [-0.05, 0) is 35.4 Å². The summed E-state index contributed by atoms with van der Waals surface area (Å²) in [6, 6.07) is 13.1. The summed E-state index contributed by atoms with van der Waals surface area (Å²) in [5.41, 5.74) is 8.33. The van der Waals surface area contributed by atoms with Crippen molar-refractivity contribution in [2.45, 2.75) is 13.2 Å². The lowest BCUT2D eigenvalue weighted by molar-refractivity contribution is 0.107. The molecule has 0 atom stereocenters. The molecule has 4 heteroatoms. The minimum absolute atomic E-state index is 0.494. The van der Waals surface area contributed by atoms with Crippen LogP contribution in [0.1, 0.15) is 11.1 Å². The first-order valence-electron chi connectivity index (χ1n) is 5.51. The van der Waals surface area contributed by atoms with Gasteiger partial charge >= 0.3 is 0 Å². The fourth-order valence-electron chi connectivity index (χ4n) is 1.60. The molecule has 0 aromatic heterocycles. The first-order chi connectivity index (χ1) is 8.65. The minimum Gasteiger partial charge on any atom is -0.398 e. The number of halogens is 2. The molecule has 2 rings (SSSR count). The molecule has 0 bridgehead atoms. The van der Waals surface area contributed by atoms with Crippen LogP contribution in [0.2, 0.25) is 10.0 Å². The number of rotatable bonds is 4. The van der Waals surface area contributed by atoms with Gasteiger partial charge in [-0.15, -0.1) is 0 Å². The van der Waals surface area contributed by atoms with E-state index in [1.807, 2.05) is 36.4 Å². The van der Waals surface area contributed by atoms with Gasteiger partial charge in [0.05, 0.1) is 23.9 Å². The molecule has 0 saturated heterocycles. The quantitative estimate of drug-likeness (QED) is 0.849. The Kier molecular flexibility index (Phi) is 4.48. The monoisotopic (exact) mass is 281 g/mol. The van der Waals surface area contributed by atoms with Crippen molar-refractivity contribution in [1.29, 1.82) is 0 Å². The molecule has 18 heavy (non-hydrogen) atoms. The van der Waals surface area contributed by atoms with Crippen LogP contribution in [-0.2, 0) is 18.0 Å². The first kappa shape index (κ1) is 13.2. The highest BCUT2D eigenvalue weighted by Gasteiger charge is 1.99. The van der Waals surface area contributed by atoms with E-state index in [4.69, 9.17) is 33.7 Å². The van der Waals surface area contributed by atoms with Crippen molar-refractivity contribution < 1.29 is 4.74 Å². The number of hydrogen-bond donors (Lipinski definition) is 1. The molecule has 0 heterocycles. The third-order valence-corrected chi connectivity index (χ3v) is 3.07. The predicted octanol–water partition coefficient (Wildman–Crippen LogP) is 4.29.